The van der Waals surface area contributed by atoms with Gasteiger partial charge in [0.25, 0.3) is 0 Å². The number of rotatable bonds is 3. The fraction of sp³-hybridized carbons (Fsp3) is 0.900. The lowest BCUT2D eigenvalue weighted by Crippen LogP contribution is -2.34. The maximum atomic E-state index is 11.0. The first-order chi connectivity index (χ1) is 7.45. The van der Waals surface area contributed by atoms with Gasteiger partial charge in [0, 0.05) is 6.42 Å². The molecule has 5 nitrogen and oxygen atoms in total. The van der Waals surface area contributed by atoms with Gasteiger partial charge in [-0.1, -0.05) is 13.8 Å². The average molecular weight is 245 g/mol. The number of nitrogens with two attached hydrogens (primary N) is 1. The highest BCUT2D eigenvalue weighted by Crippen LogP contribution is 2.50. The number of amidine groups is 1. The highest BCUT2D eigenvalue weighted by atomic mass is 32.2. The van der Waals surface area contributed by atoms with Crippen LogP contribution in [-0.2, 0) is 15.6 Å². The number of nitrogens with one attached hydrogen (secondary N) is 1. The lowest BCUT2D eigenvalue weighted by atomic mass is 9.79. The fourth-order valence-electron chi connectivity index (χ4n) is 2.83. The molecule has 1 aliphatic heterocycles. The van der Waals surface area contributed by atoms with Crippen molar-refractivity contribution >= 4 is 17.1 Å². The second kappa shape index (κ2) is 4.09. The minimum Gasteiger partial charge on any atom is -0.330 e. The van der Waals surface area contributed by atoms with Crippen molar-refractivity contribution in [3.8, 4) is 0 Å². The Morgan fingerprint density at radius 1 is 1.56 bits per heavy atom. The number of hydrogen-bond donors (Lipinski definition) is 2. The Bertz CT molecular complexity index is 343. The summed E-state index contributed by atoms with van der Waals surface area (Å²) >= 11 is -1.56. The van der Waals surface area contributed by atoms with Crippen molar-refractivity contribution < 1.29 is 8.49 Å². The van der Waals surface area contributed by atoms with Gasteiger partial charge in [-0.15, -0.1) is 4.40 Å². The van der Waals surface area contributed by atoms with Gasteiger partial charge >= 0.3 is 11.3 Å². The van der Waals surface area contributed by atoms with E-state index >= 15 is 0 Å². The van der Waals surface area contributed by atoms with Crippen molar-refractivity contribution in [2.45, 2.75) is 39.5 Å². The molecular formula is C10H19N3O2S. The molecule has 0 spiro atoms. The second-order valence-corrected chi connectivity index (χ2v) is 6.45. The van der Waals surface area contributed by atoms with E-state index in [1.807, 2.05) is 0 Å². The molecule has 2 rings (SSSR count). The average Bonchev–Trinajstić information content (AvgIpc) is 2.72. The maximum absolute atomic E-state index is 11.0. The van der Waals surface area contributed by atoms with Crippen LogP contribution in [0, 0.1) is 10.8 Å². The Labute approximate surface area is 98.6 Å². The SMILES string of the molecule is CC1(C)CC[C@](CN)(CC2=NS(=O)ON2)C1. The van der Waals surface area contributed by atoms with Gasteiger partial charge in [0.05, 0.1) is 0 Å². The summed E-state index contributed by atoms with van der Waals surface area (Å²) in [4.78, 5) is 0. The van der Waals surface area contributed by atoms with Crippen LogP contribution in [0.1, 0.15) is 39.5 Å². The van der Waals surface area contributed by atoms with Crippen LogP contribution in [-0.4, -0.2) is 16.6 Å². The molecule has 1 aliphatic carbocycles. The molecule has 92 valence electrons. The van der Waals surface area contributed by atoms with Crippen LogP contribution in [0.3, 0.4) is 0 Å². The predicted octanol–water partition coefficient (Wildman–Crippen LogP) is 1.04. The third kappa shape index (κ3) is 2.44. The maximum Gasteiger partial charge on any atom is 0.309 e. The standard InChI is InChI=1S/C10H19N3O2S/c1-9(2)3-4-10(6-9,7-11)5-8-12-15-16(14)13-8/h3-7,11H2,1-2H3,(H,12,13)/t10-,16?/m0/s1. The van der Waals surface area contributed by atoms with E-state index in [1.54, 1.807) is 0 Å². The normalized spacial score (nSPS) is 37.2. The molecule has 0 aromatic heterocycles. The van der Waals surface area contributed by atoms with Gasteiger partial charge in [0.1, 0.15) is 5.84 Å². The first-order valence-electron chi connectivity index (χ1n) is 5.58. The summed E-state index contributed by atoms with van der Waals surface area (Å²) in [7, 11) is 0. The summed E-state index contributed by atoms with van der Waals surface area (Å²) in [6.45, 7) is 5.18. The number of hydroxylamine groups is 1. The van der Waals surface area contributed by atoms with Crippen molar-refractivity contribution in [2.75, 3.05) is 6.54 Å². The monoisotopic (exact) mass is 245 g/mol. The molecule has 1 unspecified atom stereocenters. The van der Waals surface area contributed by atoms with Crippen molar-refractivity contribution in [3.05, 3.63) is 0 Å². The molecule has 0 amide bonds. The van der Waals surface area contributed by atoms with E-state index in [1.165, 1.54) is 6.42 Å². The van der Waals surface area contributed by atoms with Crippen LogP contribution in [0.25, 0.3) is 0 Å². The summed E-state index contributed by atoms with van der Waals surface area (Å²) in [6, 6.07) is 0. The molecular weight excluding hydrogens is 226 g/mol. The summed E-state index contributed by atoms with van der Waals surface area (Å²) in [5.74, 6) is 0.668. The summed E-state index contributed by atoms with van der Waals surface area (Å²) in [5, 5.41) is 0. The molecule has 16 heavy (non-hydrogen) atoms. The van der Waals surface area contributed by atoms with Crippen molar-refractivity contribution in [2.24, 2.45) is 21.0 Å². The summed E-state index contributed by atoms with van der Waals surface area (Å²) in [5.41, 5.74) is 8.95. The van der Waals surface area contributed by atoms with Crippen molar-refractivity contribution in [1.29, 1.82) is 0 Å². The van der Waals surface area contributed by atoms with Crippen LogP contribution in [0.2, 0.25) is 0 Å². The summed E-state index contributed by atoms with van der Waals surface area (Å²) in [6.07, 6.45) is 4.10. The zero-order valence-electron chi connectivity index (χ0n) is 9.78. The molecule has 1 heterocycles. The van der Waals surface area contributed by atoms with E-state index in [9.17, 15) is 4.21 Å². The van der Waals surface area contributed by atoms with Crippen LogP contribution < -0.4 is 11.2 Å². The van der Waals surface area contributed by atoms with Gasteiger partial charge < -0.3 is 5.73 Å². The van der Waals surface area contributed by atoms with Gasteiger partial charge in [-0.05, 0) is 36.6 Å². The minimum absolute atomic E-state index is 0.0905. The van der Waals surface area contributed by atoms with E-state index in [4.69, 9.17) is 10.0 Å². The Kier molecular flexibility index (Phi) is 3.07. The first kappa shape index (κ1) is 12.0. The van der Waals surface area contributed by atoms with Crippen molar-refractivity contribution in [3.63, 3.8) is 0 Å². The highest BCUT2D eigenvalue weighted by Gasteiger charge is 2.43. The molecule has 0 aromatic carbocycles. The molecule has 1 saturated carbocycles. The molecule has 6 heteroatoms. The van der Waals surface area contributed by atoms with Gasteiger partial charge in [0.2, 0.25) is 0 Å². The quantitative estimate of drug-likeness (QED) is 0.779. The largest absolute Gasteiger partial charge is 0.330 e. The van der Waals surface area contributed by atoms with Crippen LogP contribution in [0.5, 0.6) is 0 Å². The third-order valence-electron chi connectivity index (χ3n) is 3.58. The van der Waals surface area contributed by atoms with Crippen LogP contribution in [0.4, 0.5) is 0 Å². The van der Waals surface area contributed by atoms with Gasteiger partial charge in [0.15, 0.2) is 0 Å². The molecule has 0 radical (unpaired) electrons. The molecule has 0 saturated heterocycles. The third-order valence-corrected chi connectivity index (χ3v) is 4.17. The van der Waals surface area contributed by atoms with E-state index < -0.39 is 11.3 Å². The van der Waals surface area contributed by atoms with E-state index in [0.717, 1.165) is 19.3 Å². The first-order valence-corrected chi connectivity index (χ1v) is 6.61. The Hall–Kier alpha value is -0.460. The lowest BCUT2D eigenvalue weighted by Gasteiger charge is -2.29. The second-order valence-electron chi connectivity index (χ2n) is 5.66. The smallest absolute Gasteiger partial charge is 0.309 e. The Balaban J connectivity index is 2.06. The van der Waals surface area contributed by atoms with Gasteiger partial charge in [-0.3, -0.25) is 0 Å². The zero-order chi connectivity index (χ0) is 11.8. The number of hydrogen-bond acceptors (Lipinski definition) is 4. The molecule has 0 bridgehead atoms. The van der Waals surface area contributed by atoms with Gasteiger partial charge in [-0.2, -0.15) is 4.28 Å². The van der Waals surface area contributed by atoms with Crippen molar-refractivity contribution in [1.82, 2.24) is 5.48 Å². The number of nitrogens with zero attached hydrogens (tertiary/aromatic N) is 1. The summed E-state index contributed by atoms with van der Waals surface area (Å²) < 4.78 is 19.5. The molecule has 3 N–H and O–H groups in total. The Morgan fingerprint density at radius 3 is 2.75 bits per heavy atom. The van der Waals surface area contributed by atoms with Crippen LogP contribution >= 0.6 is 0 Å². The highest BCUT2D eigenvalue weighted by molar-refractivity contribution is 7.79. The van der Waals surface area contributed by atoms with E-state index in [2.05, 4.69) is 23.7 Å². The molecule has 0 aromatic rings. The predicted molar refractivity (Wildman–Crippen MR) is 63.5 cm³/mol. The Morgan fingerprint density at radius 2 is 2.31 bits per heavy atom. The fourth-order valence-corrected chi connectivity index (χ4v) is 3.31. The topological polar surface area (TPSA) is 76.7 Å². The van der Waals surface area contributed by atoms with Crippen LogP contribution in [0.15, 0.2) is 4.40 Å². The molecule has 2 aliphatic rings. The van der Waals surface area contributed by atoms with E-state index in [0.29, 0.717) is 17.8 Å². The van der Waals surface area contributed by atoms with E-state index in [-0.39, 0.29) is 5.41 Å². The molecule has 1 fully saturated rings. The lowest BCUT2D eigenvalue weighted by molar-refractivity contribution is 0.255. The molecule has 2 atom stereocenters. The minimum atomic E-state index is -1.56. The van der Waals surface area contributed by atoms with Gasteiger partial charge in [-0.25, -0.2) is 9.69 Å². The zero-order valence-corrected chi connectivity index (χ0v) is 10.6.